The summed E-state index contributed by atoms with van der Waals surface area (Å²) in [6, 6.07) is -0.306. The average molecular weight is 287 g/mol. The Morgan fingerprint density at radius 1 is 1.20 bits per heavy atom. The van der Waals surface area contributed by atoms with E-state index >= 15 is 0 Å². The van der Waals surface area contributed by atoms with Crippen LogP contribution in [0.3, 0.4) is 0 Å². The number of nitrogens with one attached hydrogen (secondary N) is 3. The van der Waals surface area contributed by atoms with Gasteiger partial charge in [-0.2, -0.15) is 0 Å². The summed E-state index contributed by atoms with van der Waals surface area (Å²) >= 11 is 0. The van der Waals surface area contributed by atoms with E-state index in [-0.39, 0.29) is 23.4 Å². The van der Waals surface area contributed by atoms with Gasteiger partial charge in [0.25, 0.3) is 0 Å². The first-order chi connectivity index (χ1) is 9.26. The fourth-order valence-corrected chi connectivity index (χ4v) is 1.56. The largest absolute Gasteiger partial charge is 0.385 e. The van der Waals surface area contributed by atoms with Crippen molar-refractivity contribution in [2.24, 2.45) is 0 Å². The van der Waals surface area contributed by atoms with E-state index in [1.54, 1.807) is 14.0 Å². The number of hydrogen-bond acceptors (Lipinski definition) is 4. The number of amides is 2. The number of hydrogen-bond donors (Lipinski definition) is 3. The Morgan fingerprint density at radius 3 is 2.40 bits per heavy atom. The van der Waals surface area contributed by atoms with Crippen molar-refractivity contribution in [2.45, 2.75) is 52.1 Å². The van der Waals surface area contributed by atoms with E-state index in [9.17, 15) is 9.59 Å². The molecule has 2 amide bonds. The summed E-state index contributed by atoms with van der Waals surface area (Å²) in [5, 5.41) is 8.72. The van der Waals surface area contributed by atoms with E-state index in [0.29, 0.717) is 26.1 Å². The van der Waals surface area contributed by atoms with E-state index in [4.69, 9.17) is 4.74 Å². The normalized spacial score (nSPS) is 12.8. The summed E-state index contributed by atoms with van der Waals surface area (Å²) in [5.74, 6) is -0.0740. The lowest BCUT2D eigenvalue weighted by Gasteiger charge is -2.21. The van der Waals surface area contributed by atoms with Gasteiger partial charge < -0.3 is 20.7 Å². The average Bonchev–Trinajstić information content (AvgIpc) is 2.32. The Labute approximate surface area is 122 Å². The van der Waals surface area contributed by atoms with Crippen LogP contribution in [0.25, 0.3) is 0 Å². The molecule has 6 heteroatoms. The molecule has 0 aromatic carbocycles. The Balaban J connectivity index is 3.73. The number of ether oxygens (including phenoxy) is 1. The van der Waals surface area contributed by atoms with Gasteiger partial charge in [0, 0.05) is 38.8 Å². The van der Waals surface area contributed by atoms with E-state index in [0.717, 1.165) is 6.42 Å². The summed E-state index contributed by atoms with van der Waals surface area (Å²) in [4.78, 5) is 23.3. The molecule has 0 saturated heterocycles. The van der Waals surface area contributed by atoms with Gasteiger partial charge in [-0.25, -0.2) is 0 Å². The highest BCUT2D eigenvalue weighted by Crippen LogP contribution is 1.98. The number of carbonyl (C=O) groups excluding carboxylic acids is 2. The van der Waals surface area contributed by atoms with Gasteiger partial charge in [0.05, 0.1) is 6.04 Å². The van der Waals surface area contributed by atoms with Crippen LogP contribution in [0, 0.1) is 0 Å². The van der Waals surface area contributed by atoms with E-state index < -0.39 is 0 Å². The molecule has 0 radical (unpaired) electrons. The van der Waals surface area contributed by atoms with Crippen LogP contribution in [0.1, 0.15) is 40.5 Å². The molecule has 20 heavy (non-hydrogen) atoms. The first-order valence-electron chi connectivity index (χ1n) is 7.07. The molecule has 0 aliphatic carbocycles. The SMILES string of the molecule is COCCCNC(=O)C(C)NCCC(=O)NC(C)(C)C. The highest BCUT2D eigenvalue weighted by atomic mass is 16.5. The van der Waals surface area contributed by atoms with Crippen LogP contribution in [0.4, 0.5) is 0 Å². The highest BCUT2D eigenvalue weighted by molar-refractivity contribution is 5.81. The Hall–Kier alpha value is -1.14. The highest BCUT2D eigenvalue weighted by Gasteiger charge is 2.15. The van der Waals surface area contributed by atoms with Gasteiger partial charge in [-0.3, -0.25) is 9.59 Å². The van der Waals surface area contributed by atoms with Crippen LogP contribution in [0.15, 0.2) is 0 Å². The van der Waals surface area contributed by atoms with E-state index in [1.165, 1.54) is 0 Å². The smallest absolute Gasteiger partial charge is 0.236 e. The zero-order valence-corrected chi connectivity index (χ0v) is 13.3. The van der Waals surface area contributed by atoms with Gasteiger partial charge in [-0.1, -0.05) is 0 Å². The molecular formula is C14H29N3O3. The Bertz CT molecular complexity index is 301. The third-order valence-electron chi connectivity index (χ3n) is 2.53. The number of carbonyl (C=O) groups is 2. The topological polar surface area (TPSA) is 79.5 Å². The monoisotopic (exact) mass is 287 g/mol. The second-order valence-corrected chi connectivity index (χ2v) is 5.86. The summed E-state index contributed by atoms with van der Waals surface area (Å²) in [5.41, 5.74) is -0.221. The molecule has 0 aromatic heterocycles. The molecule has 118 valence electrons. The number of methoxy groups -OCH3 is 1. The van der Waals surface area contributed by atoms with Crippen LogP contribution >= 0.6 is 0 Å². The van der Waals surface area contributed by atoms with Gasteiger partial charge in [-0.05, 0) is 34.1 Å². The Morgan fingerprint density at radius 2 is 1.85 bits per heavy atom. The van der Waals surface area contributed by atoms with Gasteiger partial charge >= 0.3 is 0 Å². The molecule has 0 aliphatic rings. The minimum Gasteiger partial charge on any atom is -0.385 e. The third kappa shape index (κ3) is 10.8. The lowest BCUT2D eigenvalue weighted by Crippen LogP contribution is -2.45. The molecule has 0 saturated carbocycles. The molecule has 0 aliphatic heterocycles. The predicted octanol–water partition coefficient (Wildman–Crippen LogP) is 0.422. The first kappa shape index (κ1) is 18.9. The Kier molecular flexibility index (Phi) is 9.16. The van der Waals surface area contributed by atoms with Gasteiger partial charge in [0.2, 0.25) is 11.8 Å². The van der Waals surface area contributed by atoms with Crippen LogP contribution in [0.2, 0.25) is 0 Å². The molecule has 0 aromatic rings. The van der Waals surface area contributed by atoms with Crippen LogP contribution < -0.4 is 16.0 Å². The molecule has 1 atom stereocenters. The van der Waals surface area contributed by atoms with Crippen molar-refractivity contribution in [3.63, 3.8) is 0 Å². The maximum absolute atomic E-state index is 11.7. The quantitative estimate of drug-likeness (QED) is 0.537. The van der Waals surface area contributed by atoms with Crippen molar-refractivity contribution in [1.82, 2.24) is 16.0 Å². The predicted molar refractivity (Wildman–Crippen MR) is 79.5 cm³/mol. The standard InChI is InChI=1S/C14H29N3O3/c1-11(13(19)16-8-6-10-20-5)15-9-7-12(18)17-14(2,3)4/h11,15H,6-10H2,1-5H3,(H,16,19)(H,17,18). The number of rotatable bonds is 9. The molecule has 3 N–H and O–H groups in total. The fraction of sp³-hybridized carbons (Fsp3) is 0.857. The lowest BCUT2D eigenvalue weighted by atomic mass is 10.1. The van der Waals surface area contributed by atoms with Crippen molar-refractivity contribution in [2.75, 3.05) is 26.8 Å². The third-order valence-corrected chi connectivity index (χ3v) is 2.53. The van der Waals surface area contributed by atoms with Gasteiger partial charge in [0.1, 0.15) is 0 Å². The van der Waals surface area contributed by atoms with E-state index in [1.807, 2.05) is 20.8 Å². The van der Waals surface area contributed by atoms with Crippen molar-refractivity contribution in [1.29, 1.82) is 0 Å². The van der Waals surface area contributed by atoms with Crippen molar-refractivity contribution >= 4 is 11.8 Å². The van der Waals surface area contributed by atoms with Crippen molar-refractivity contribution in [3.05, 3.63) is 0 Å². The molecule has 6 nitrogen and oxygen atoms in total. The minimum absolute atomic E-state index is 0.0160. The molecule has 0 rings (SSSR count). The van der Waals surface area contributed by atoms with Crippen molar-refractivity contribution < 1.29 is 14.3 Å². The first-order valence-corrected chi connectivity index (χ1v) is 7.07. The zero-order chi connectivity index (χ0) is 15.6. The molecule has 0 heterocycles. The van der Waals surface area contributed by atoms with Crippen LogP contribution in [0.5, 0.6) is 0 Å². The summed E-state index contributed by atoms with van der Waals surface area (Å²) in [7, 11) is 1.63. The lowest BCUT2D eigenvalue weighted by molar-refractivity contribution is -0.124. The molecule has 1 unspecified atom stereocenters. The summed E-state index contributed by atoms with van der Waals surface area (Å²) in [6.07, 6.45) is 1.15. The second kappa shape index (κ2) is 9.72. The molecule has 0 spiro atoms. The molecular weight excluding hydrogens is 258 g/mol. The second-order valence-electron chi connectivity index (χ2n) is 5.86. The summed E-state index contributed by atoms with van der Waals surface area (Å²) < 4.78 is 4.90. The summed E-state index contributed by atoms with van der Waals surface area (Å²) in [6.45, 7) is 9.32. The van der Waals surface area contributed by atoms with Crippen molar-refractivity contribution in [3.8, 4) is 0 Å². The van der Waals surface area contributed by atoms with Gasteiger partial charge in [0.15, 0.2) is 0 Å². The van der Waals surface area contributed by atoms with Crippen LogP contribution in [-0.4, -0.2) is 50.2 Å². The maximum atomic E-state index is 11.7. The van der Waals surface area contributed by atoms with Gasteiger partial charge in [-0.15, -0.1) is 0 Å². The van der Waals surface area contributed by atoms with Crippen LogP contribution in [-0.2, 0) is 14.3 Å². The van der Waals surface area contributed by atoms with E-state index in [2.05, 4.69) is 16.0 Å². The maximum Gasteiger partial charge on any atom is 0.236 e. The zero-order valence-electron chi connectivity index (χ0n) is 13.3. The minimum atomic E-state index is -0.306. The molecule has 0 bridgehead atoms. The molecule has 0 fully saturated rings. The fourth-order valence-electron chi connectivity index (χ4n) is 1.56.